The van der Waals surface area contributed by atoms with Gasteiger partial charge in [-0.05, 0) is 111 Å². The van der Waals surface area contributed by atoms with Gasteiger partial charge < -0.3 is 9.67 Å². The number of phenolic OH excluding ortho intramolecular Hbond substituents is 1. The van der Waals surface area contributed by atoms with Crippen LogP contribution in [0.5, 0.6) is 5.75 Å². The van der Waals surface area contributed by atoms with Crippen molar-refractivity contribution in [3.05, 3.63) is 95.3 Å². The van der Waals surface area contributed by atoms with Crippen LogP contribution in [0.25, 0.3) is 38.6 Å². The first kappa shape index (κ1) is 34.7. The van der Waals surface area contributed by atoms with Crippen molar-refractivity contribution in [1.82, 2.24) is 4.57 Å². The van der Waals surface area contributed by atoms with Gasteiger partial charge in [-0.25, -0.2) is 4.39 Å². The minimum atomic E-state index is -0.322. The van der Waals surface area contributed by atoms with Gasteiger partial charge in [-0.2, -0.15) is 0 Å². The lowest BCUT2D eigenvalue weighted by molar-refractivity contribution is 0.283. The third-order valence-corrected chi connectivity index (χ3v) is 9.60. The van der Waals surface area contributed by atoms with Crippen molar-refractivity contribution in [3.63, 3.8) is 0 Å². The largest absolute Gasteiger partial charge is 0.505 e. The van der Waals surface area contributed by atoms with Gasteiger partial charge in [0.15, 0.2) is 0 Å². The van der Waals surface area contributed by atoms with Crippen LogP contribution in [0, 0.1) is 16.6 Å². The number of aromatic nitrogens is 1. The van der Waals surface area contributed by atoms with E-state index in [-0.39, 0.29) is 38.6 Å². The second-order valence-electron chi connectivity index (χ2n) is 18.7. The van der Waals surface area contributed by atoms with Gasteiger partial charge in [0, 0.05) is 16.3 Å². The van der Waals surface area contributed by atoms with Crippen LogP contribution in [0.3, 0.4) is 0 Å². The summed E-state index contributed by atoms with van der Waals surface area (Å²) in [4.78, 5) is 0. The van der Waals surface area contributed by atoms with E-state index in [0.717, 1.165) is 29.4 Å². The Bertz CT molecular complexity index is 1860. The molecule has 5 aromatic rings. The number of halogens is 1. The molecule has 0 aliphatic heterocycles. The van der Waals surface area contributed by atoms with Crippen LogP contribution in [0.15, 0.2) is 72.8 Å². The Morgan fingerprint density at radius 1 is 0.574 bits per heavy atom. The topological polar surface area (TPSA) is 25.2 Å². The molecule has 0 aliphatic carbocycles. The molecule has 47 heavy (non-hydrogen) atoms. The Kier molecular flexibility index (Phi) is 8.52. The van der Waals surface area contributed by atoms with Gasteiger partial charge in [0.25, 0.3) is 0 Å². The molecule has 1 N–H and O–H groups in total. The summed E-state index contributed by atoms with van der Waals surface area (Å²) in [5.41, 5.74) is 7.92. The van der Waals surface area contributed by atoms with Crippen LogP contribution in [0.1, 0.15) is 120 Å². The van der Waals surface area contributed by atoms with Crippen molar-refractivity contribution in [3.8, 4) is 22.6 Å². The van der Waals surface area contributed by atoms with E-state index in [1.807, 2.05) is 12.1 Å². The van der Waals surface area contributed by atoms with E-state index in [2.05, 4.69) is 137 Å². The Morgan fingerprint density at radius 3 is 1.49 bits per heavy atom. The van der Waals surface area contributed by atoms with Gasteiger partial charge in [0.2, 0.25) is 0 Å². The quantitative estimate of drug-likeness (QED) is 0.198. The van der Waals surface area contributed by atoms with Crippen LogP contribution in [0.4, 0.5) is 4.39 Å². The standard InChI is InChI=1S/C44H56FNO/c1-40(2,3)26-43(10,11)29-17-19-36-34(22-29)35-23-30(44(12,13)27-41(4,5)6)18-20-37(35)46(36)38-25-31(42(7,8)9)24-33(39(38)47)28-15-14-16-32(45)21-28/h14-25,47H,26-27H2,1-13H3. The molecule has 0 saturated heterocycles. The third kappa shape index (κ3) is 7.15. The maximum Gasteiger partial charge on any atom is 0.147 e. The fourth-order valence-corrected chi connectivity index (χ4v) is 8.08. The average Bonchev–Trinajstić information content (AvgIpc) is 3.23. The molecule has 1 heterocycles. The number of aromatic hydroxyl groups is 1. The van der Waals surface area contributed by atoms with Crippen LogP contribution < -0.4 is 0 Å². The molecule has 1 aromatic heterocycles. The van der Waals surface area contributed by atoms with Gasteiger partial charge >= 0.3 is 0 Å². The van der Waals surface area contributed by atoms with Gasteiger partial charge in [-0.1, -0.05) is 114 Å². The first-order valence-corrected chi connectivity index (χ1v) is 17.2. The summed E-state index contributed by atoms with van der Waals surface area (Å²) in [5.74, 6) is -0.172. The van der Waals surface area contributed by atoms with Gasteiger partial charge in [-0.15, -0.1) is 0 Å². The third-order valence-electron chi connectivity index (χ3n) is 9.60. The molecule has 0 fully saturated rings. The normalized spacial score (nSPS) is 13.6. The second kappa shape index (κ2) is 11.5. The van der Waals surface area contributed by atoms with Crippen LogP contribution in [-0.2, 0) is 16.2 Å². The SMILES string of the molecule is CC(C)(C)CC(C)(C)c1ccc2c(c1)c1cc(C(C)(C)CC(C)(C)C)ccc1n2-c1cc(C(C)(C)C)cc(-c2cccc(F)c2)c1O. The monoisotopic (exact) mass is 633 g/mol. The minimum Gasteiger partial charge on any atom is -0.505 e. The Balaban J connectivity index is 1.88. The fraction of sp³-hybridized carbons (Fsp3) is 0.455. The van der Waals surface area contributed by atoms with Crippen molar-refractivity contribution >= 4 is 21.8 Å². The molecule has 0 atom stereocenters. The zero-order chi connectivity index (χ0) is 34.9. The minimum absolute atomic E-state index is 0.0250. The summed E-state index contributed by atoms with van der Waals surface area (Å²) in [6, 6.07) is 24.4. The van der Waals surface area contributed by atoms with Gasteiger partial charge in [-0.3, -0.25) is 0 Å². The number of benzene rings is 4. The maximum absolute atomic E-state index is 14.5. The van der Waals surface area contributed by atoms with Gasteiger partial charge in [0.05, 0.1) is 16.7 Å². The molecular formula is C44H56FNO. The number of hydrogen-bond acceptors (Lipinski definition) is 1. The Hall–Kier alpha value is -3.59. The van der Waals surface area contributed by atoms with E-state index in [1.165, 1.54) is 34.0 Å². The summed E-state index contributed by atoms with van der Waals surface area (Å²) in [6.45, 7) is 29.8. The van der Waals surface area contributed by atoms with E-state index in [4.69, 9.17) is 0 Å². The zero-order valence-electron chi connectivity index (χ0n) is 31.1. The second-order valence-corrected chi connectivity index (χ2v) is 18.7. The highest BCUT2D eigenvalue weighted by atomic mass is 19.1. The molecule has 0 aliphatic rings. The number of hydrogen-bond donors (Lipinski definition) is 1. The molecule has 5 rings (SSSR count). The molecule has 0 radical (unpaired) electrons. The van der Waals surface area contributed by atoms with Crippen molar-refractivity contribution in [2.45, 2.75) is 119 Å². The van der Waals surface area contributed by atoms with Crippen molar-refractivity contribution < 1.29 is 9.50 Å². The lowest BCUT2D eigenvalue weighted by atomic mass is 9.71. The molecule has 0 unspecified atom stereocenters. The summed E-state index contributed by atoms with van der Waals surface area (Å²) >= 11 is 0. The highest BCUT2D eigenvalue weighted by Gasteiger charge is 2.31. The first-order chi connectivity index (χ1) is 21.5. The van der Waals surface area contributed by atoms with E-state index in [0.29, 0.717) is 16.8 Å². The highest BCUT2D eigenvalue weighted by molar-refractivity contribution is 6.10. The molecule has 250 valence electrons. The smallest absolute Gasteiger partial charge is 0.147 e. The maximum atomic E-state index is 14.5. The van der Waals surface area contributed by atoms with Gasteiger partial charge in [0.1, 0.15) is 11.6 Å². The van der Waals surface area contributed by atoms with E-state index in [9.17, 15) is 9.50 Å². The van der Waals surface area contributed by atoms with Crippen LogP contribution in [0.2, 0.25) is 0 Å². The molecule has 0 amide bonds. The number of phenols is 1. The molecule has 0 spiro atoms. The summed E-state index contributed by atoms with van der Waals surface area (Å²) in [5, 5.41) is 14.5. The number of rotatable bonds is 6. The fourth-order valence-electron chi connectivity index (χ4n) is 8.08. The predicted molar refractivity (Wildman–Crippen MR) is 201 cm³/mol. The van der Waals surface area contributed by atoms with Crippen LogP contribution >= 0.6 is 0 Å². The Morgan fingerprint density at radius 2 is 1.06 bits per heavy atom. The summed E-state index contributed by atoms with van der Waals surface area (Å²) in [7, 11) is 0. The summed E-state index contributed by atoms with van der Waals surface area (Å²) in [6.07, 6.45) is 2.11. The molecular weight excluding hydrogens is 577 g/mol. The lowest BCUT2D eigenvalue weighted by Gasteiger charge is -2.33. The highest BCUT2D eigenvalue weighted by Crippen LogP contribution is 2.46. The molecule has 4 aromatic carbocycles. The van der Waals surface area contributed by atoms with Crippen molar-refractivity contribution in [2.24, 2.45) is 10.8 Å². The lowest BCUT2D eigenvalue weighted by Crippen LogP contribution is -2.24. The Labute approximate surface area is 283 Å². The summed E-state index contributed by atoms with van der Waals surface area (Å²) < 4.78 is 16.7. The van der Waals surface area contributed by atoms with Crippen molar-refractivity contribution in [2.75, 3.05) is 0 Å². The molecule has 2 nitrogen and oxygen atoms in total. The van der Waals surface area contributed by atoms with E-state index < -0.39 is 0 Å². The molecule has 0 saturated carbocycles. The molecule has 0 bridgehead atoms. The van der Waals surface area contributed by atoms with Crippen molar-refractivity contribution in [1.29, 1.82) is 0 Å². The average molecular weight is 634 g/mol. The number of fused-ring (bicyclic) bond motifs is 3. The predicted octanol–water partition coefficient (Wildman–Crippen LogP) is 13.0. The molecule has 3 heteroatoms. The number of nitrogens with zero attached hydrogens (tertiary/aromatic N) is 1. The first-order valence-electron chi connectivity index (χ1n) is 17.2. The van der Waals surface area contributed by atoms with E-state index in [1.54, 1.807) is 6.07 Å². The van der Waals surface area contributed by atoms with E-state index >= 15 is 0 Å². The van der Waals surface area contributed by atoms with Crippen LogP contribution in [-0.4, -0.2) is 9.67 Å². The zero-order valence-corrected chi connectivity index (χ0v) is 31.1.